The van der Waals surface area contributed by atoms with E-state index in [2.05, 4.69) is 29.5 Å². The standard InChI is InChI=1S/C24H24F3N5O3.C3H8/c25-24(26,27)10-9-15(13-18(28)33)22(34)31-21-23(35)32-12-11-29-17-8-4-7-16(20(17)32)19(30-21)14-5-2-1-3-6-14;1-3-2/h1-8,15,21,29H,9-13H2,(H2,28,33)(H,31,34);3H2,1-2H3. The Bertz CT molecular complexity index is 1180. The molecule has 0 aliphatic carbocycles. The van der Waals surface area contributed by atoms with Crippen molar-refractivity contribution in [3.05, 3.63) is 59.7 Å². The van der Waals surface area contributed by atoms with Crippen molar-refractivity contribution in [1.29, 1.82) is 0 Å². The van der Waals surface area contributed by atoms with Crippen molar-refractivity contribution in [1.82, 2.24) is 5.32 Å². The van der Waals surface area contributed by atoms with E-state index >= 15 is 0 Å². The molecule has 0 spiro atoms. The Labute approximate surface area is 219 Å². The SMILES string of the molecule is CCC.NC(=O)CC(CCC(F)(F)F)C(=O)NC1N=C(c2ccccc2)c2cccc3c2N(CCN3)C1=O. The predicted molar refractivity (Wildman–Crippen MR) is 140 cm³/mol. The second kappa shape index (κ2) is 12.6. The lowest BCUT2D eigenvalue weighted by molar-refractivity contribution is -0.143. The molecule has 3 amide bonds. The number of alkyl halides is 3. The fraction of sp³-hybridized carbons (Fsp3) is 0.407. The number of anilines is 2. The molecule has 11 heteroatoms. The molecule has 4 N–H and O–H groups in total. The lowest BCUT2D eigenvalue weighted by atomic mass is 9.97. The zero-order chi connectivity index (χ0) is 27.9. The zero-order valence-corrected chi connectivity index (χ0v) is 21.3. The van der Waals surface area contributed by atoms with Crippen LogP contribution in [0.1, 0.15) is 50.7 Å². The number of halogens is 3. The van der Waals surface area contributed by atoms with Gasteiger partial charge in [0.25, 0.3) is 5.91 Å². The molecular formula is C27H32F3N5O3. The maximum absolute atomic E-state index is 13.5. The van der Waals surface area contributed by atoms with E-state index < -0.39 is 55.2 Å². The number of para-hydroxylation sites is 1. The van der Waals surface area contributed by atoms with Crippen LogP contribution in [0.4, 0.5) is 24.5 Å². The first-order valence-electron chi connectivity index (χ1n) is 12.5. The van der Waals surface area contributed by atoms with Gasteiger partial charge in [0, 0.05) is 43.0 Å². The minimum absolute atomic E-state index is 0.311. The van der Waals surface area contributed by atoms with Gasteiger partial charge in [0.15, 0.2) is 0 Å². The summed E-state index contributed by atoms with van der Waals surface area (Å²) < 4.78 is 38.4. The second-order valence-electron chi connectivity index (χ2n) is 9.10. The Morgan fingerprint density at radius 3 is 2.47 bits per heavy atom. The molecule has 0 aromatic heterocycles. The van der Waals surface area contributed by atoms with Crippen molar-refractivity contribution >= 4 is 34.8 Å². The van der Waals surface area contributed by atoms with Crippen LogP contribution in [0.25, 0.3) is 0 Å². The van der Waals surface area contributed by atoms with E-state index in [9.17, 15) is 27.6 Å². The summed E-state index contributed by atoms with van der Waals surface area (Å²) in [6.45, 7) is 5.03. The molecule has 8 nitrogen and oxygen atoms in total. The maximum atomic E-state index is 13.5. The van der Waals surface area contributed by atoms with Crippen molar-refractivity contribution in [2.75, 3.05) is 23.3 Å². The topological polar surface area (TPSA) is 117 Å². The number of benzene rings is 2. The van der Waals surface area contributed by atoms with Gasteiger partial charge in [-0.1, -0.05) is 62.7 Å². The first-order chi connectivity index (χ1) is 18.1. The molecule has 38 heavy (non-hydrogen) atoms. The summed E-state index contributed by atoms with van der Waals surface area (Å²) in [4.78, 5) is 44.0. The van der Waals surface area contributed by atoms with Crippen LogP contribution in [0, 0.1) is 5.92 Å². The smallest absolute Gasteiger partial charge is 0.382 e. The highest BCUT2D eigenvalue weighted by Gasteiger charge is 2.38. The number of nitrogens with zero attached hydrogens (tertiary/aromatic N) is 2. The first-order valence-corrected chi connectivity index (χ1v) is 12.5. The van der Waals surface area contributed by atoms with Crippen LogP contribution in [-0.2, 0) is 14.4 Å². The van der Waals surface area contributed by atoms with E-state index in [0.29, 0.717) is 35.6 Å². The van der Waals surface area contributed by atoms with Gasteiger partial charge in [-0.25, -0.2) is 4.99 Å². The van der Waals surface area contributed by atoms with Gasteiger partial charge >= 0.3 is 6.18 Å². The molecule has 2 aromatic carbocycles. The number of nitrogens with one attached hydrogen (secondary N) is 2. The minimum atomic E-state index is -4.51. The summed E-state index contributed by atoms with van der Waals surface area (Å²) in [5.41, 5.74) is 8.35. The monoisotopic (exact) mass is 531 g/mol. The Morgan fingerprint density at radius 2 is 1.84 bits per heavy atom. The van der Waals surface area contributed by atoms with Crippen molar-refractivity contribution < 1.29 is 27.6 Å². The number of carbonyl (C=O) groups is 3. The fourth-order valence-electron chi connectivity index (χ4n) is 4.28. The van der Waals surface area contributed by atoms with Crippen LogP contribution in [0.5, 0.6) is 0 Å². The van der Waals surface area contributed by atoms with Crippen LogP contribution in [0.2, 0.25) is 0 Å². The van der Waals surface area contributed by atoms with Gasteiger partial charge in [-0.3, -0.25) is 14.4 Å². The minimum Gasteiger partial charge on any atom is -0.382 e. The molecule has 0 saturated heterocycles. The number of aliphatic imine (C=N–C) groups is 1. The molecule has 2 heterocycles. The molecule has 2 aliphatic heterocycles. The van der Waals surface area contributed by atoms with Crippen LogP contribution >= 0.6 is 0 Å². The second-order valence-corrected chi connectivity index (χ2v) is 9.10. The van der Waals surface area contributed by atoms with Gasteiger partial charge in [-0.05, 0) is 12.5 Å². The first kappa shape index (κ1) is 28.7. The van der Waals surface area contributed by atoms with Gasteiger partial charge in [0.05, 0.1) is 17.1 Å². The van der Waals surface area contributed by atoms with Crippen molar-refractivity contribution in [3.8, 4) is 0 Å². The third-order valence-corrected chi connectivity index (χ3v) is 5.89. The maximum Gasteiger partial charge on any atom is 0.389 e. The molecule has 0 saturated carbocycles. The summed E-state index contributed by atoms with van der Waals surface area (Å²) in [6, 6.07) is 14.6. The molecular weight excluding hydrogens is 499 g/mol. The van der Waals surface area contributed by atoms with Crippen LogP contribution in [0.3, 0.4) is 0 Å². The quantitative estimate of drug-likeness (QED) is 0.501. The predicted octanol–water partition coefficient (Wildman–Crippen LogP) is 3.99. The number of nitrogens with two attached hydrogens (primary N) is 1. The normalized spacial score (nSPS) is 17.1. The van der Waals surface area contributed by atoms with Crippen LogP contribution in [-0.4, -0.2) is 48.9 Å². The molecule has 0 fully saturated rings. The average Bonchev–Trinajstić information content (AvgIpc) is 2.99. The Kier molecular flexibility index (Phi) is 9.49. The third-order valence-electron chi connectivity index (χ3n) is 5.89. The van der Waals surface area contributed by atoms with E-state index in [1.54, 1.807) is 0 Å². The van der Waals surface area contributed by atoms with Gasteiger partial charge in [0.2, 0.25) is 18.0 Å². The number of amides is 3. The molecule has 0 radical (unpaired) electrons. The van der Waals surface area contributed by atoms with E-state index in [0.717, 1.165) is 5.69 Å². The highest BCUT2D eigenvalue weighted by molar-refractivity contribution is 6.22. The number of rotatable bonds is 7. The van der Waals surface area contributed by atoms with E-state index in [1.807, 2.05) is 48.5 Å². The van der Waals surface area contributed by atoms with Crippen LogP contribution in [0.15, 0.2) is 53.5 Å². The summed E-state index contributed by atoms with van der Waals surface area (Å²) >= 11 is 0. The highest BCUT2D eigenvalue weighted by Crippen LogP contribution is 2.37. The highest BCUT2D eigenvalue weighted by atomic mass is 19.4. The van der Waals surface area contributed by atoms with E-state index in [-0.39, 0.29) is 0 Å². The number of primary amides is 1. The summed E-state index contributed by atoms with van der Waals surface area (Å²) in [5, 5.41) is 5.73. The lowest BCUT2D eigenvalue weighted by Crippen LogP contribution is -2.51. The van der Waals surface area contributed by atoms with E-state index in [4.69, 9.17) is 5.73 Å². The third kappa shape index (κ3) is 7.11. The molecule has 0 bridgehead atoms. The number of hydrogen-bond acceptors (Lipinski definition) is 5. The largest absolute Gasteiger partial charge is 0.389 e. The number of carbonyl (C=O) groups excluding carboxylic acids is 3. The van der Waals surface area contributed by atoms with Gasteiger partial charge in [-0.15, -0.1) is 0 Å². The Balaban J connectivity index is 0.00000127. The molecule has 2 atom stereocenters. The molecule has 2 unspecified atom stereocenters. The molecule has 204 valence electrons. The van der Waals surface area contributed by atoms with Crippen molar-refractivity contribution in [3.63, 3.8) is 0 Å². The lowest BCUT2D eigenvalue weighted by Gasteiger charge is -2.32. The summed E-state index contributed by atoms with van der Waals surface area (Å²) in [6.07, 6.45) is -7.12. The summed E-state index contributed by atoms with van der Waals surface area (Å²) in [5.74, 6) is -3.66. The fourth-order valence-corrected chi connectivity index (χ4v) is 4.28. The van der Waals surface area contributed by atoms with Gasteiger partial charge in [0.1, 0.15) is 0 Å². The Morgan fingerprint density at radius 1 is 1.16 bits per heavy atom. The Hall–Kier alpha value is -3.89. The van der Waals surface area contributed by atoms with Crippen molar-refractivity contribution in [2.45, 2.75) is 51.9 Å². The summed E-state index contributed by atoms with van der Waals surface area (Å²) in [7, 11) is 0. The van der Waals surface area contributed by atoms with Crippen molar-refractivity contribution in [2.24, 2.45) is 16.6 Å². The van der Waals surface area contributed by atoms with Crippen LogP contribution < -0.4 is 21.3 Å². The molecule has 4 rings (SSSR count). The van der Waals surface area contributed by atoms with Gasteiger partial charge in [-0.2, -0.15) is 13.2 Å². The van der Waals surface area contributed by atoms with E-state index in [1.165, 1.54) is 11.3 Å². The van der Waals surface area contributed by atoms with Gasteiger partial charge < -0.3 is 21.3 Å². The zero-order valence-electron chi connectivity index (χ0n) is 21.3. The molecule has 2 aliphatic rings. The average molecular weight is 532 g/mol. The molecule has 2 aromatic rings. The number of hydrogen-bond donors (Lipinski definition) is 3.